The number of anilines is 1. The Morgan fingerprint density at radius 1 is 1.28 bits per heavy atom. The minimum Gasteiger partial charge on any atom is -0.315 e. The zero-order valence-corrected chi connectivity index (χ0v) is 9.82. The Kier molecular flexibility index (Phi) is 3.27. The molecule has 1 fully saturated rings. The highest BCUT2D eigenvalue weighted by Crippen LogP contribution is 2.25. The molecule has 3 amide bonds. The van der Waals surface area contributed by atoms with E-state index in [1.165, 1.54) is 4.90 Å². The normalized spacial score (nSPS) is 15.7. The third-order valence-corrected chi connectivity index (χ3v) is 2.68. The highest BCUT2D eigenvalue weighted by molar-refractivity contribution is 6.19. The lowest BCUT2D eigenvalue weighted by atomic mass is 10.2. The van der Waals surface area contributed by atoms with Gasteiger partial charge < -0.3 is 4.90 Å². The van der Waals surface area contributed by atoms with Crippen molar-refractivity contribution in [2.45, 2.75) is 13.3 Å². The van der Waals surface area contributed by atoms with Crippen molar-refractivity contribution in [1.29, 1.82) is 0 Å². The maximum atomic E-state index is 13.6. The SMILES string of the molecule is CCCN1CC(=O)N(c2ccc(F)cc2F)C1=O. The summed E-state index contributed by atoms with van der Waals surface area (Å²) in [6, 6.07) is 2.20. The van der Waals surface area contributed by atoms with Gasteiger partial charge in [-0.1, -0.05) is 6.92 Å². The van der Waals surface area contributed by atoms with E-state index in [9.17, 15) is 18.4 Å². The van der Waals surface area contributed by atoms with Crippen LogP contribution in [0, 0.1) is 11.6 Å². The first-order valence-corrected chi connectivity index (χ1v) is 5.61. The molecule has 0 saturated carbocycles. The van der Waals surface area contributed by atoms with Gasteiger partial charge in [0.05, 0.1) is 5.69 Å². The summed E-state index contributed by atoms with van der Waals surface area (Å²) in [6.07, 6.45) is 0.707. The molecule has 1 heterocycles. The Morgan fingerprint density at radius 3 is 2.61 bits per heavy atom. The fourth-order valence-electron chi connectivity index (χ4n) is 1.89. The van der Waals surface area contributed by atoms with E-state index in [1.54, 1.807) is 0 Å². The zero-order valence-electron chi connectivity index (χ0n) is 9.82. The molecule has 6 heteroatoms. The molecule has 0 unspecified atom stereocenters. The Balaban J connectivity index is 2.33. The number of imide groups is 1. The maximum Gasteiger partial charge on any atom is 0.331 e. The van der Waals surface area contributed by atoms with Crippen molar-refractivity contribution in [3.05, 3.63) is 29.8 Å². The van der Waals surface area contributed by atoms with Gasteiger partial charge in [0.25, 0.3) is 5.91 Å². The van der Waals surface area contributed by atoms with E-state index in [4.69, 9.17) is 0 Å². The number of benzene rings is 1. The largest absolute Gasteiger partial charge is 0.331 e. The van der Waals surface area contributed by atoms with Crippen LogP contribution in [-0.2, 0) is 4.79 Å². The van der Waals surface area contributed by atoms with Crippen LogP contribution in [0.2, 0.25) is 0 Å². The number of nitrogens with zero attached hydrogens (tertiary/aromatic N) is 2. The van der Waals surface area contributed by atoms with Crippen LogP contribution in [0.4, 0.5) is 19.3 Å². The van der Waals surface area contributed by atoms with Crippen LogP contribution in [0.5, 0.6) is 0 Å². The Bertz CT molecular complexity index is 505. The van der Waals surface area contributed by atoms with Crippen LogP contribution in [0.1, 0.15) is 13.3 Å². The van der Waals surface area contributed by atoms with Crippen molar-refractivity contribution in [2.75, 3.05) is 18.0 Å². The predicted molar refractivity (Wildman–Crippen MR) is 61.1 cm³/mol. The molecule has 1 saturated heterocycles. The number of rotatable bonds is 3. The molecule has 0 aromatic heterocycles. The van der Waals surface area contributed by atoms with E-state index >= 15 is 0 Å². The summed E-state index contributed by atoms with van der Waals surface area (Å²) in [6.45, 7) is 2.24. The van der Waals surface area contributed by atoms with E-state index in [1.807, 2.05) is 6.92 Å². The minimum absolute atomic E-state index is 0.0660. The molecular weight excluding hydrogens is 242 g/mol. The molecule has 0 N–H and O–H groups in total. The highest BCUT2D eigenvalue weighted by atomic mass is 19.1. The third kappa shape index (κ3) is 2.05. The maximum absolute atomic E-state index is 13.6. The second-order valence-corrected chi connectivity index (χ2v) is 4.03. The lowest BCUT2D eigenvalue weighted by Crippen LogP contribution is -2.33. The van der Waals surface area contributed by atoms with Crippen molar-refractivity contribution in [1.82, 2.24) is 4.90 Å². The van der Waals surface area contributed by atoms with Gasteiger partial charge in [-0.2, -0.15) is 0 Å². The lowest BCUT2D eigenvalue weighted by Gasteiger charge is -2.16. The molecule has 1 aliphatic rings. The molecule has 0 atom stereocenters. The lowest BCUT2D eigenvalue weighted by molar-refractivity contribution is -0.116. The molecule has 18 heavy (non-hydrogen) atoms. The first-order valence-electron chi connectivity index (χ1n) is 5.61. The molecule has 1 aromatic carbocycles. The summed E-state index contributed by atoms with van der Waals surface area (Å²) >= 11 is 0. The van der Waals surface area contributed by atoms with E-state index < -0.39 is 23.6 Å². The molecule has 4 nitrogen and oxygen atoms in total. The van der Waals surface area contributed by atoms with Gasteiger partial charge in [-0.15, -0.1) is 0 Å². The number of halogens is 2. The fraction of sp³-hybridized carbons (Fsp3) is 0.333. The molecule has 0 radical (unpaired) electrons. The van der Waals surface area contributed by atoms with Crippen LogP contribution >= 0.6 is 0 Å². The van der Waals surface area contributed by atoms with Crippen molar-refractivity contribution in [3.63, 3.8) is 0 Å². The summed E-state index contributed by atoms with van der Waals surface area (Å²) in [7, 11) is 0. The Labute approximate surface area is 103 Å². The molecule has 0 aliphatic carbocycles. The number of amides is 3. The quantitative estimate of drug-likeness (QED) is 0.775. The third-order valence-electron chi connectivity index (χ3n) is 2.68. The molecule has 1 aliphatic heterocycles. The van der Waals surface area contributed by atoms with Gasteiger partial charge in [0.2, 0.25) is 0 Å². The standard InChI is InChI=1S/C12H12F2N2O2/c1-2-5-15-7-11(17)16(12(15)18)10-4-3-8(13)6-9(10)14/h3-4,6H,2,5,7H2,1H3. The van der Waals surface area contributed by atoms with Gasteiger partial charge in [0, 0.05) is 12.6 Å². The van der Waals surface area contributed by atoms with Crippen LogP contribution in [0.15, 0.2) is 18.2 Å². The smallest absolute Gasteiger partial charge is 0.315 e. The zero-order chi connectivity index (χ0) is 13.3. The molecule has 2 rings (SSSR count). The van der Waals surface area contributed by atoms with E-state index in [-0.39, 0.29) is 12.2 Å². The monoisotopic (exact) mass is 254 g/mol. The van der Waals surface area contributed by atoms with Crippen LogP contribution in [0.25, 0.3) is 0 Å². The highest BCUT2D eigenvalue weighted by Gasteiger charge is 2.37. The number of carbonyl (C=O) groups excluding carboxylic acids is 2. The Hall–Kier alpha value is -1.98. The topological polar surface area (TPSA) is 40.6 Å². The number of hydrogen-bond donors (Lipinski definition) is 0. The molecular formula is C12H12F2N2O2. The molecule has 96 valence electrons. The molecule has 0 spiro atoms. The van der Waals surface area contributed by atoms with Gasteiger partial charge in [-0.05, 0) is 18.6 Å². The fourth-order valence-corrected chi connectivity index (χ4v) is 1.89. The second kappa shape index (κ2) is 4.72. The van der Waals surface area contributed by atoms with Crippen molar-refractivity contribution < 1.29 is 18.4 Å². The van der Waals surface area contributed by atoms with Crippen molar-refractivity contribution >= 4 is 17.6 Å². The average Bonchev–Trinajstić information content (AvgIpc) is 2.56. The summed E-state index contributed by atoms with van der Waals surface area (Å²) in [4.78, 5) is 25.7. The number of carbonyl (C=O) groups is 2. The van der Waals surface area contributed by atoms with E-state index in [0.29, 0.717) is 19.0 Å². The average molecular weight is 254 g/mol. The number of urea groups is 1. The van der Waals surface area contributed by atoms with E-state index in [0.717, 1.165) is 17.0 Å². The van der Waals surface area contributed by atoms with E-state index in [2.05, 4.69) is 0 Å². The van der Waals surface area contributed by atoms with Crippen LogP contribution in [0.3, 0.4) is 0 Å². The summed E-state index contributed by atoms with van der Waals surface area (Å²) in [5, 5.41) is 0. The van der Waals surface area contributed by atoms with Gasteiger partial charge in [-0.3, -0.25) is 4.79 Å². The summed E-state index contributed by atoms with van der Waals surface area (Å²) in [5.74, 6) is -2.17. The van der Waals surface area contributed by atoms with Gasteiger partial charge in [-0.25, -0.2) is 18.5 Å². The first-order chi connectivity index (χ1) is 8.54. The number of hydrogen-bond acceptors (Lipinski definition) is 2. The second-order valence-electron chi connectivity index (χ2n) is 4.03. The molecule has 1 aromatic rings. The van der Waals surface area contributed by atoms with Crippen LogP contribution in [-0.4, -0.2) is 29.9 Å². The van der Waals surface area contributed by atoms with Crippen molar-refractivity contribution in [2.24, 2.45) is 0 Å². The van der Waals surface area contributed by atoms with Crippen LogP contribution < -0.4 is 4.90 Å². The molecule has 0 bridgehead atoms. The predicted octanol–water partition coefficient (Wildman–Crippen LogP) is 2.14. The summed E-state index contributed by atoms with van der Waals surface area (Å²) < 4.78 is 26.3. The first kappa shape index (κ1) is 12.5. The Morgan fingerprint density at radius 2 is 2.00 bits per heavy atom. The van der Waals surface area contributed by atoms with Gasteiger partial charge >= 0.3 is 6.03 Å². The van der Waals surface area contributed by atoms with Gasteiger partial charge in [0.1, 0.15) is 18.2 Å². The summed E-state index contributed by atoms with van der Waals surface area (Å²) in [5.41, 5.74) is -0.204. The van der Waals surface area contributed by atoms with Gasteiger partial charge in [0.15, 0.2) is 0 Å². The van der Waals surface area contributed by atoms with Crippen molar-refractivity contribution in [3.8, 4) is 0 Å². The minimum atomic E-state index is -0.921.